The van der Waals surface area contributed by atoms with Crippen LogP contribution in [0.25, 0.3) is 0 Å². The highest BCUT2D eigenvalue weighted by atomic mass is 32.1. The highest BCUT2D eigenvalue weighted by molar-refractivity contribution is 7.81. The van der Waals surface area contributed by atoms with Crippen LogP contribution in [0.3, 0.4) is 0 Å². The first-order valence-electron chi connectivity index (χ1n) is 6.10. The molecule has 0 bridgehead atoms. The lowest BCUT2D eigenvalue weighted by molar-refractivity contribution is 0.574. The molecule has 0 amide bonds. The van der Waals surface area contributed by atoms with Crippen LogP contribution in [-0.4, -0.2) is 11.0 Å². The highest BCUT2D eigenvalue weighted by Crippen LogP contribution is 2.15. The third-order valence-electron chi connectivity index (χ3n) is 2.59. The fourth-order valence-electron chi connectivity index (χ4n) is 1.62. The average molecular weight is 234 g/mol. The van der Waals surface area contributed by atoms with E-state index in [4.69, 9.17) is 0 Å². The van der Waals surface area contributed by atoms with Crippen LogP contribution >= 0.6 is 25.3 Å². The van der Waals surface area contributed by atoms with Crippen molar-refractivity contribution in [2.75, 3.05) is 5.75 Å². The number of thiol groups is 2. The van der Waals surface area contributed by atoms with Crippen molar-refractivity contribution in [3.05, 3.63) is 0 Å². The fourth-order valence-corrected chi connectivity index (χ4v) is 2.21. The van der Waals surface area contributed by atoms with Gasteiger partial charge in [-0.3, -0.25) is 0 Å². The Hall–Kier alpha value is 0.700. The Bertz CT molecular complexity index is 104. The largest absolute Gasteiger partial charge is 0.179 e. The molecule has 0 aromatic carbocycles. The summed E-state index contributed by atoms with van der Waals surface area (Å²) in [4.78, 5) is 0. The SMILES string of the molecule is CCCCCCCC(S)CCCCS. The van der Waals surface area contributed by atoms with Gasteiger partial charge in [-0.15, -0.1) is 0 Å². The molecule has 2 heteroatoms. The third-order valence-corrected chi connectivity index (χ3v) is 3.42. The van der Waals surface area contributed by atoms with Gasteiger partial charge in [0.05, 0.1) is 0 Å². The van der Waals surface area contributed by atoms with Gasteiger partial charge in [0, 0.05) is 5.25 Å². The highest BCUT2D eigenvalue weighted by Gasteiger charge is 2.01. The van der Waals surface area contributed by atoms with Crippen LogP contribution in [0.2, 0.25) is 0 Å². The van der Waals surface area contributed by atoms with Gasteiger partial charge in [-0.25, -0.2) is 0 Å². The van der Waals surface area contributed by atoms with E-state index in [1.165, 1.54) is 57.8 Å². The standard InChI is InChI=1S/C12H26S2/c1-2-3-4-5-6-9-12(14)10-7-8-11-13/h12-14H,2-11H2,1H3. The predicted molar refractivity (Wildman–Crippen MR) is 73.9 cm³/mol. The van der Waals surface area contributed by atoms with E-state index in [1.807, 2.05) is 0 Å². The monoisotopic (exact) mass is 234 g/mol. The van der Waals surface area contributed by atoms with Crippen molar-refractivity contribution in [1.82, 2.24) is 0 Å². The molecule has 1 atom stereocenters. The lowest BCUT2D eigenvalue weighted by Crippen LogP contribution is -1.98. The van der Waals surface area contributed by atoms with Gasteiger partial charge < -0.3 is 0 Å². The number of rotatable bonds is 10. The van der Waals surface area contributed by atoms with E-state index < -0.39 is 0 Å². The first kappa shape index (κ1) is 14.7. The Morgan fingerprint density at radius 3 is 2.00 bits per heavy atom. The minimum atomic E-state index is 0.636. The van der Waals surface area contributed by atoms with Gasteiger partial charge in [-0.05, 0) is 25.0 Å². The summed E-state index contributed by atoms with van der Waals surface area (Å²) in [6.45, 7) is 2.26. The zero-order chi connectivity index (χ0) is 10.6. The summed E-state index contributed by atoms with van der Waals surface area (Å²) in [5, 5.41) is 0.636. The molecule has 0 radical (unpaired) electrons. The van der Waals surface area contributed by atoms with Crippen molar-refractivity contribution >= 4 is 25.3 Å². The molecule has 0 aliphatic heterocycles. The Balaban J connectivity index is 3.06. The summed E-state index contributed by atoms with van der Waals surface area (Å²) < 4.78 is 0. The van der Waals surface area contributed by atoms with Crippen molar-refractivity contribution < 1.29 is 0 Å². The van der Waals surface area contributed by atoms with Crippen LogP contribution < -0.4 is 0 Å². The molecule has 0 aliphatic carbocycles. The average Bonchev–Trinajstić information content (AvgIpc) is 2.18. The number of unbranched alkanes of at least 4 members (excludes halogenated alkanes) is 5. The zero-order valence-electron chi connectivity index (χ0n) is 9.54. The maximum absolute atomic E-state index is 4.60. The molecule has 86 valence electrons. The maximum atomic E-state index is 4.60. The topological polar surface area (TPSA) is 0 Å². The summed E-state index contributed by atoms with van der Waals surface area (Å²) in [5.74, 6) is 1.02. The first-order chi connectivity index (χ1) is 6.81. The van der Waals surface area contributed by atoms with Gasteiger partial charge in [-0.1, -0.05) is 45.4 Å². The molecule has 0 fully saturated rings. The summed E-state index contributed by atoms with van der Waals surface area (Å²) in [6, 6.07) is 0. The zero-order valence-corrected chi connectivity index (χ0v) is 11.3. The number of hydrogen-bond acceptors (Lipinski definition) is 2. The Kier molecular flexibility index (Phi) is 12.4. The second kappa shape index (κ2) is 11.8. The third kappa shape index (κ3) is 10.8. The van der Waals surface area contributed by atoms with E-state index >= 15 is 0 Å². The second-order valence-corrected chi connectivity index (χ2v) is 5.25. The minimum Gasteiger partial charge on any atom is -0.179 e. The lowest BCUT2D eigenvalue weighted by atomic mass is 10.1. The van der Waals surface area contributed by atoms with Gasteiger partial charge >= 0.3 is 0 Å². The van der Waals surface area contributed by atoms with Crippen LogP contribution in [0.5, 0.6) is 0 Å². The molecule has 0 saturated carbocycles. The molecular weight excluding hydrogens is 208 g/mol. The van der Waals surface area contributed by atoms with Gasteiger partial charge in [0.2, 0.25) is 0 Å². The van der Waals surface area contributed by atoms with E-state index in [9.17, 15) is 0 Å². The molecule has 14 heavy (non-hydrogen) atoms. The lowest BCUT2D eigenvalue weighted by Gasteiger charge is -2.09. The van der Waals surface area contributed by atoms with Crippen LogP contribution in [0.4, 0.5) is 0 Å². The molecule has 0 aromatic heterocycles. The van der Waals surface area contributed by atoms with Crippen molar-refractivity contribution in [2.24, 2.45) is 0 Å². The Labute approximate surface area is 101 Å². The fraction of sp³-hybridized carbons (Fsp3) is 1.00. The van der Waals surface area contributed by atoms with E-state index in [0.29, 0.717) is 5.25 Å². The Morgan fingerprint density at radius 2 is 1.43 bits per heavy atom. The molecule has 0 nitrogen and oxygen atoms in total. The quantitative estimate of drug-likeness (QED) is 0.396. The van der Waals surface area contributed by atoms with E-state index in [2.05, 4.69) is 32.2 Å². The van der Waals surface area contributed by atoms with Crippen LogP contribution in [0.15, 0.2) is 0 Å². The molecule has 0 heterocycles. The predicted octanol–water partition coefficient (Wildman–Crippen LogP) is 4.75. The number of hydrogen-bond donors (Lipinski definition) is 2. The van der Waals surface area contributed by atoms with Crippen molar-refractivity contribution in [3.63, 3.8) is 0 Å². The van der Waals surface area contributed by atoms with E-state index in [-0.39, 0.29) is 0 Å². The summed E-state index contributed by atoms with van der Waals surface area (Å²) in [6.07, 6.45) is 12.0. The molecule has 0 aromatic rings. The van der Waals surface area contributed by atoms with Crippen molar-refractivity contribution in [2.45, 2.75) is 70.0 Å². The minimum absolute atomic E-state index is 0.636. The summed E-state index contributed by atoms with van der Waals surface area (Å²) in [7, 11) is 0. The maximum Gasteiger partial charge on any atom is 0.00168 e. The van der Waals surface area contributed by atoms with Crippen molar-refractivity contribution in [3.8, 4) is 0 Å². The van der Waals surface area contributed by atoms with Gasteiger partial charge in [0.25, 0.3) is 0 Å². The van der Waals surface area contributed by atoms with Gasteiger partial charge in [0.1, 0.15) is 0 Å². The molecule has 1 unspecified atom stereocenters. The van der Waals surface area contributed by atoms with Crippen molar-refractivity contribution in [1.29, 1.82) is 0 Å². The summed E-state index contributed by atoms with van der Waals surface area (Å²) >= 11 is 8.81. The van der Waals surface area contributed by atoms with Crippen LogP contribution in [-0.2, 0) is 0 Å². The molecule has 0 rings (SSSR count). The second-order valence-electron chi connectivity index (χ2n) is 4.08. The molecule has 0 N–H and O–H groups in total. The van der Waals surface area contributed by atoms with E-state index in [1.54, 1.807) is 0 Å². The normalized spacial score (nSPS) is 13.1. The van der Waals surface area contributed by atoms with Crippen LogP contribution in [0.1, 0.15) is 64.7 Å². The molecule has 0 saturated heterocycles. The summed E-state index contributed by atoms with van der Waals surface area (Å²) in [5.41, 5.74) is 0. The van der Waals surface area contributed by atoms with Crippen LogP contribution in [0, 0.1) is 0 Å². The molecular formula is C12H26S2. The van der Waals surface area contributed by atoms with E-state index in [0.717, 1.165) is 5.75 Å². The van der Waals surface area contributed by atoms with Gasteiger partial charge in [-0.2, -0.15) is 25.3 Å². The van der Waals surface area contributed by atoms with Gasteiger partial charge in [0.15, 0.2) is 0 Å². The smallest absolute Gasteiger partial charge is 0.00168 e. The first-order valence-corrected chi connectivity index (χ1v) is 7.25. The Morgan fingerprint density at radius 1 is 0.857 bits per heavy atom. The molecule has 0 spiro atoms. The molecule has 0 aliphatic rings.